The van der Waals surface area contributed by atoms with Crippen LogP contribution in [0.3, 0.4) is 0 Å². The Morgan fingerprint density at radius 1 is 1.41 bits per heavy atom. The number of morpholine rings is 1. The number of ether oxygens (including phenoxy) is 1. The molecule has 0 saturated carbocycles. The van der Waals surface area contributed by atoms with E-state index in [2.05, 4.69) is 4.98 Å². The van der Waals surface area contributed by atoms with Crippen molar-refractivity contribution < 1.29 is 13.2 Å². The third-order valence-electron chi connectivity index (χ3n) is 2.88. The first-order chi connectivity index (χ1) is 8.09. The highest BCUT2D eigenvalue weighted by Gasteiger charge is 2.23. The predicted molar refractivity (Wildman–Crippen MR) is 63.1 cm³/mol. The summed E-state index contributed by atoms with van der Waals surface area (Å²) in [5, 5.41) is 0. The zero-order valence-electron chi connectivity index (χ0n) is 9.87. The van der Waals surface area contributed by atoms with Crippen LogP contribution in [0.4, 0.5) is 0 Å². The largest absolute Gasteiger partial charge is 0.379 e. The third kappa shape index (κ3) is 3.05. The summed E-state index contributed by atoms with van der Waals surface area (Å²) in [6, 6.07) is 0. The highest BCUT2D eigenvalue weighted by Crippen LogP contribution is 2.07. The zero-order valence-corrected chi connectivity index (χ0v) is 10.7. The Balaban J connectivity index is 1.95. The number of sulfonamides is 1. The monoisotopic (exact) mass is 259 g/mol. The smallest absolute Gasteiger partial charge is 0.216 e. The second-order valence-corrected chi connectivity index (χ2v) is 6.08. The molecule has 1 aliphatic heterocycles. The molecule has 0 aromatic carbocycles. The van der Waals surface area contributed by atoms with Gasteiger partial charge in [0.25, 0.3) is 0 Å². The van der Waals surface area contributed by atoms with E-state index >= 15 is 0 Å². The van der Waals surface area contributed by atoms with Crippen molar-refractivity contribution in [2.75, 3.05) is 32.1 Å². The number of aryl methyl sites for hydroxylation is 2. The molecule has 0 unspecified atom stereocenters. The Labute approximate surface area is 101 Å². The van der Waals surface area contributed by atoms with Crippen molar-refractivity contribution in [1.29, 1.82) is 0 Å². The average molecular weight is 259 g/mol. The average Bonchev–Trinajstić information content (AvgIpc) is 2.74. The number of hydrogen-bond acceptors (Lipinski definition) is 4. The first kappa shape index (κ1) is 12.5. The van der Waals surface area contributed by atoms with Crippen molar-refractivity contribution in [2.45, 2.75) is 13.5 Å². The highest BCUT2D eigenvalue weighted by atomic mass is 32.2. The van der Waals surface area contributed by atoms with Gasteiger partial charge >= 0.3 is 0 Å². The summed E-state index contributed by atoms with van der Waals surface area (Å²) in [6.45, 7) is 4.22. The third-order valence-corrected chi connectivity index (χ3v) is 4.73. The number of rotatable bonds is 4. The van der Waals surface area contributed by atoms with Crippen molar-refractivity contribution in [1.82, 2.24) is 13.9 Å². The number of hydrogen-bond donors (Lipinski definition) is 0. The van der Waals surface area contributed by atoms with E-state index < -0.39 is 10.0 Å². The molecule has 1 aromatic rings. The van der Waals surface area contributed by atoms with Gasteiger partial charge < -0.3 is 9.30 Å². The van der Waals surface area contributed by atoms with Gasteiger partial charge in [0, 0.05) is 32.0 Å². The van der Waals surface area contributed by atoms with E-state index in [9.17, 15) is 8.42 Å². The van der Waals surface area contributed by atoms with E-state index in [-0.39, 0.29) is 5.75 Å². The van der Waals surface area contributed by atoms with Crippen LogP contribution in [0, 0.1) is 6.92 Å². The molecule has 0 bridgehead atoms. The second kappa shape index (κ2) is 5.16. The van der Waals surface area contributed by atoms with Crippen molar-refractivity contribution in [2.24, 2.45) is 0 Å². The van der Waals surface area contributed by atoms with Gasteiger partial charge in [0.15, 0.2) is 0 Å². The van der Waals surface area contributed by atoms with E-state index in [1.54, 1.807) is 12.4 Å². The fraction of sp³-hybridized carbons (Fsp3) is 0.700. The van der Waals surface area contributed by atoms with Gasteiger partial charge in [0.05, 0.1) is 19.0 Å². The molecule has 6 nitrogen and oxygen atoms in total. The molecule has 0 radical (unpaired) electrons. The summed E-state index contributed by atoms with van der Waals surface area (Å²) >= 11 is 0. The van der Waals surface area contributed by atoms with E-state index in [1.165, 1.54) is 4.31 Å². The molecular formula is C10H17N3O3S. The molecule has 17 heavy (non-hydrogen) atoms. The maximum atomic E-state index is 12.0. The minimum absolute atomic E-state index is 0.115. The minimum Gasteiger partial charge on any atom is -0.379 e. The van der Waals surface area contributed by atoms with E-state index in [4.69, 9.17) is 4.74 Å². The van der Waals surface area contributed by atoms with Gasteiger partial charge in [-0.3, -0.25) is 0 Å². The van der Waals surface area contributed by atoms with Crippen LogP contribution in [0.15, 0.2) is 12.4 Å². The molecule has 1 aliphatic rings. The number of imidazole rings is 1. The van der Waals surface area contributed by atoms with Gasteiger partial charge in [-0.1, -0.05) is 0 Å². The lowest BCUT2D eigenvalue weighted by molar-refractivity contribution is 0.0730. The molecule has 1 saturated heterocycles. The Kier molecular flexibility index (Phi) is 3.80. The molecule has 0 aliphatic carbocycles. The van der Waals surface area contributed by atoms with Gasteiger partial charge in [-0.2, -0.15) is 4.31 Å². The topological polar surface area (TPSA) is 64.4 Å². The molecule has 0 atom stereocenters. The maximum absolute atomic E-state index is 12.0. The van der Waals surface area contributed by atoms with Crippen LogP contribution in [-0.4, -0.2) is 54.3 Å². The summed E-state index contributed by atoms with van der Waals surface area (Å²) in [6.07, 6.45) is 3.47. The fourth-order valence-electron chi connectivity index (χ4n) is 1.81. The van der Waals surface area contributed by atoms with Gasteiger partial charge in [-0.25, -0.2) is 13.4 Å². The summed E-state index contributed by atoms with van der Waals surface area (Å²) in [4.78, 5) is 4.06. The van der Waals surface area contributed by atoms with E-state index in [1.807, 2.05) is 11.5 Å². The number of nitrogens with zero attached hydrogens (tertiary/aromatic N) is 3. The lowest BCUT2D eigenvalue weighted by Gasteiger charge is -2.26. The van der Waals surface area contributed by atoms with Crippen molar-refractivity contribution in [3.63, 3.8) is 0 Å². The summed E-state index contributed by atoms with van der Waals surface area (Å²) in [5.41, 5.74) is 0. The summed E-state index contributed by atoms with van der Waals surface area (Å²) in [7, 11) is -3.17. The van der Waals surface area contributed by atoms with Crippen molar-refractivity contribution >= 4 is 10.0 Å². The van der Waals surface area contributed by atoms with Crippen LogP contribution < -0.4 is 0 Å². The van der Waals surface area contributed by atoms with Crippen molar-refractivity contribution in [3.05, 3.63) is 18.2 Å². The first-order valence-electron chi connectivity index (χ1n) is 5.63. The molecule has 96 valence electrons. The van der Waals surface area contributed by atoms with Gasteiger partial charge in [0.2, 0.25) is 10.0 Å². The second-order valence-electron chi connectivity index (χ2n) is 4.00. The van der Waals surface area contributed by atoms with Gasteiger partial charge in [-0.15, -0.1) is 0 Å². The van der Waals surface area contributed by atoms with Crippen LogP contribution in [0.2, 0.25) is 0 Å². The van der Waals surface area contributed by atoms with Crippen LogP contribution in [0.5, 0.6) is 0 Å². The summed E-state index contributed by atoms with van der Waals surface area (Å²) in [5.74, 6) is 0.951. The molecular weight excluding hydrogens is 242 g/mol. The molecule has 2 heterocycles. The van der Waals surface area contributed by atoms with E-state index in [0.717, 1.165) is 5.82 Å². The minimum atomic E-state index is -3.17. The predicted octanol–water partition coefficient (Wildman–Crippen LogP) is -0.146. The van der Waals surface area contributed by atoms with Crippen LogP contribution in [0.25, 0.3) is 0 Å². The van der Waals surface area contributed by atoms with Gasteiger partial charge in [-0.05, 0) is 6.92 Å². The maximum Gasteiger partial charge on any atom is 0.216 e. The van der Waals surface area contributed by atoms with E-state index in [0.29, 0.717) is 32.8 Å². The molecule has 1 fully saturated rings. The van der Waals surface area contributed by atoms with Crippen LogP contribution in [0.1, 0.15) is 5.82 Å². The molecule has 0 N–H and O–H groups in total. The van der Waals surface area contributed by atoms with Crippen molar-refractivity contribution in [3.8, 4) is 0 Å². The first-order valence-corrected chi connectivity index (χ1v) is 7.24. The number of aromatic nitrogens is 2. The lowest BCUT2D eigenvalue weighted by atomic mass is 10.5. The lowest BCUT2D eigenvalue weighted by Crippen LogP contribution is -2.42. The Morgan fingerprint density at radius 2 is 2.12 bits per heavy atom. The van der Waals surface area contributed by atoms with Gasteiger partial charge in [0.1, 0.15) is 5.82 Å². The molecule has 2 rings (SSSR count). The SMILES string of the molecule is Cc1nccn1CCS(=O)(=O)N1CCOCC1. The Bertz CT molecular complexity index is 463. The van der Waals surface area contributed by atoms with Crippen LogP contribution in [-0.2, 0) is 21.3 Å². The molecule has 7 heteroatoms. The zero-order chi connectivity index (χ0) is 12.3. The Morgan fingerprint density at radius 3 is 2.71 bits per heavy atom. The normalized spacial score (nSPS) is 18.4. The van der Waals surface area contributed by atoms with Crippen LogP contribution >= 0.6 is 0 Å². The standard InChI is InChI=1S/C10H17N3O3S/c1-10-11-2-3-12(10)6-9-17(14,15)13-4-7-16-8-5-13/h2-3H,4-9H2,1H3. The molecule has 0 spiro atoms. The summed E-state index contributed by atoms with van der Waals surface area (Å²) < 4.78 is 32.5. The molecule has 0 amide bonds. The molecule has 1 aromatic heterocycles. The fourth-order valence-corrected chi connectivity index (χ4v) is 3.20. The highest BCUT2D eigenvalue weighted by molar-refractivity contribution is 7.89. The Hall–Kier alpha value is -0.920. The quantitative estimate of drug-likeness (QED) is 0.754.